The van der Waals surface area contributed by atoms with Crippen molar-refractivity contribution in [1.82, 2.24) is 10.6 Å². The smallest absolute Gasteiger partial charge is 0.223 e. The lowest BCUT2D eigenvalue weighted by atomic mass is 10.2. The molecule has 0 aliphatic heterocycles. The first kappa shape index (κ1) is 16.4. The minimum atomic E-state index is -0.283. The van der Waals surface area contributed by atoms with Crippen LogP contribution in [0.4, 0.5) is 4.39 Å². The van der Waals surface area contributed by atoms with Gasteiger partial charge >= 0.3 is 0 Å². The van der Waals surface area contributed by atoms with Crippen molar-refractivity contribution in [3.05, 3.63) is 29.6 Å². The van der Waals surface area contributed by atoms with E-state index >= 15 is 0 Å². The molecule has 0 spiro atoms. The highest BCUT2D eigenvalue weighted by Crippen LogP contribution is 2.19. The van der Waals surface area contributed by atoms with Crippen LogP contribution >= 0.6 is 0 Å². The monoisotopic (exact) mass is 282 g/mol. The van der Waals surface area contributed by atoms with Gasteiger partial charge in [-0.15, -0.1) is 0 Å². The van der Waals surface area contributed by atoms with Crippen molar-refractivity contribution in [3.63, 3.8) is 0 Å². The molecule has 4 nitrogen and oxygen atoms in total. The third-order valence-electron chi connectivity index (χ3n) is 2.73. The van der Waals surface area contributed by atoms with Gasteiger partial charge < -0.3 is 15.4 Å². The number of hydrogen-bond donors (Lipinski definition) is 2. The molecule has 0 atom stereocenters. The molecule has 0 aliphatic rings. The Morgan fingerprint density at radius 3 is 2.85 bits per heavy atom. The van der Waals surface area contributed by atoms with Crippen LogP contribution in [0.25, 0.3) is 0 Å². The Labute approximate surface area is 119 Å². The lowest BCUT2D eigenvalue weighted by Crippen LogP contribution is -2.24. The highest BCUT2D eigenvalue weighted by molar-refractivity contribution is 5.75. The van der Waals surface area contributed by atoms with Gasteiger partial charge in [0.15, 0.2) is 0 Å². The van der Waals surface area contributed by atoms with Gasteiger partial charge in [-0.1, -0.05) is 6.92 Å². The summed E-state index contributed by atoms with van der Waals surface area (Å²) in [7, 11) is 0. The summed E-state index contributed by atoms with van der Waals surface area (Å²) in [6.07, 6.45) is 1.32. The van der Waals surface area contributed by atoms with Gasteiger partial charge in [0.1, 0.15) is 11.6 Å². The van der Waals surface area contributed by atoms with Crippen LogP contribution in [0.15, 0.2) is 18.2 Å². The summed E-state index contributed by atoms with van der Waals surface area (Å²) in [4.78, 5) is 11.3. The standard InChI is InChI=1S/C15H23FN2O2/c1-3-8-17-11-12-10-13(16)5-6-14(12)20-9-7-15(19)18-4-2/h5-6,10,17H,3-4,7-9,11H2,1-2H3,(H,18,19). The molecule has 0 fully saturated rings. The van der Waals surface area contributed by atoms with Crippen molar-refractivity contribution in [2.24, 2.45) is 0 Å². The molecule has 0 aromatic heterocycles. The first-order valence-electron chi connectivity index (χ1n) is 7.06. The van der Waals surface area contributed by atoms with Gasteiger partial charge in [0.25, 0.3) is 0 Å². The summed E-state index contributed by atoms with van der Waals surface area (Å²) in [5.41, 5.74) is 0.773. The zero-order valence-electron chi connectivity index (χ0n) is 12.2. The van der Waals surface area contributed by atoms with Crippen LogP contribution in [0, 0.1) is 5.82 Å². The van der Waals surface area contributed by atoms with Gasteiger partial charge in [-0.3, -0.25) is 4.79 Å². The third-order valence-corrected chi connectivity index (χ3v) is 2.73. The fourth-order valence-electron chi connectivity index (χ4n) is 1.77. The molecule has 0 aliphatic carbocycles. The Bertz CT molecular complexity index is 424. The predicted molar refractivity (Wildman–Crippen MR) is 77.2 cm³/mol. The van der Waals surface area contributed by atoms with Crippen LogP contribution in [0.1, 0.15) is 32.3 Å². The molecular formula is C15H23FN2O2. The molecule has 2 N–H and O–H groups in total. The van der Waals surface area contributed by atoms with Crippen LogP contribution in [0.2, 0.25) is 0 Å². The predicted octanol–water partition coefficient (Wildman–Crippen LogP) is 2.23. The first-order valence-corrected chi connectivity index (χ1v) is 7.06. The second-order valence-electron chi connectivity index (χ2n) is 4.48. The zero-order valence-corrected chi connectivity index (χ0v) is 12.2. The minimum absolute atomic E-state index is 0.0414. The van der Waals surface area contributed by atoms with Gasteiger partial charge in [0.2, 0.25) is 5.91 Å². The minimum Gasteiger partial charge on any atom is -0.493 e. The third kappa shape index (κ3) is 6.02. The Hall–Kier alpha value is -1.62. The van der Waals surface area contributed by atoms with Gasteiger partial charge in [-0.2, -0.15) is 0 Å². The average Bonchev–Trinajstić information content (AvgIpc) is 2.42. The molecule has 1 aromatic rings. The number of carbonyl (C=O) groups excluding carboxylic acids is 1. The van der Waals surface area contributed by atoms with E-state index in [-0.39, 0.29) is 18.3 Å². The first-order chi connectivity index (χ1) is 9.67. The lowest BCUT2D eigenvalue weighted by molar-refractivity contribution is -0.121. The molecule has 0 radical (unpaired) electrons. The van der Waals surface area contributed by atoms with Crippen LogP contribution < -0.4 is 15.4 Å². The second-order valence-corrected chi connectivity index (χ2v) is 4.48. The summed E-state index contributed by atoms with van der Waals surface area (Å²) in [5.74, 6) is 0.300. The molecule has 20 heavy (non-hydrogen) atoms. The van der Waals surface area contributed by atoms with Crippen molar-refractivity contribution in [2.45, 2.75) is 33.2 Å². The fourth-order valence-corrected chi connectivity index (χ4v) is 1.77. The number of ether oxygens (including phenoxy) is 1. The van der Waals surface area contributed by atoms with Crippen molar-refractivity contribution in [2.75, 3.05) is 19.7 Å². The number of halogens is 1. The molecule has 1 amide bonds. The SMILES string of the molecule is CCCNCc1cc(F)ccc1OCCC(=O)NCC. The normalized spacial score (nSPS) is 10.3. The van der Waals surface area contributed by atoms with Gasteiger partial charge in [0, 0.05) is 18.7 Å². The van der Waals surface area contributed by atoms with E-state index in [2.05, 4.69) is 17.6 Å². The number of hydrogen-bond acceptors (Lipinski definition) is 3. The molecule has 1 aromatic carbocycles. The molecular weight excluding hydrogens is 259 g/mol. The maximum atomic E-state index is 13.3. The molecule has 5 heteroatoms. The molecule has 0 heterocycles. The Morgan fingerprint density at radius 2 is 2.15 bits per heavy atom. The van der Waals surface area contributed by atoms with E-state index in [4.69, 9.17) is 4.74 Å². The lowest BCUT2D eigenvalue weighted by Gasteiger charge is -2.12. The van der Waals surface area contributed by atoms with Crippen molar-refractivity contribution in [3.8, 4) is 5.75 Å². The van der Waals surface area contributed by atoms with E-state index in [1.165, 1.54) is 12.1 Å². The van der Waals surface area contributed by atoms with Gasteiger partial charge in [0.05, 0.1) is 13.0 Å². The molecule has 0 saturated heterocycles. The molecule has 1 rings (SSSR count). The Morgan fingerprint density at radius 1 is 1.35 bits per heavy atom. The van der Waals surface area contributed by atoms with Gasteiger partial charge in [-0.05, 0) is 38.1 Å². The summed E-state index contributed by atoms with van der Waals surface area (Å²) in [5, 5.41) is 5.92. The summed E-state index contributed by atoms with van der Waals surface area (Å²) in [6, 6.07) is 4.44. The van der Waals surface area contributed by atoms with E-state index in [1.54, 1.807) is 6.07 Å². The van der Waals surface area contributed by atoms with E-state index < -0.39 is 0 Å². The maximum Gasteiger partial charge on any atom is 0.223 e. The number of benzene rings is 1. The zero-order chi connectivity index (χ0) is 14.8. The summed E-state index contributed by atoms with van der Waals surface area (Å²) < 4.78 is 18.8. The fraction of sp³-hybridized carbons (Fsp3) is 0.533. The van der Waals surface area contributed by atoms with Gasteiger partial charge in [-0.25, -0.2) is 4.39 Å². The number of nitrogens with one attached hydrogen (secondary N) is 2. The quantitative estimate of drug-likeness (QED) is 0.683. The van der Waals surface area contributed by atoms with E-state index in [0.29, 0.717) is 25.3 Å². The van der Waals surface area contributed by atoms with Crippen LogP contribution in [0.3, 0.4) is 0 Å². The maximum absolute atomic E-state index is 13.3. The average molecular weight is 282 g/mol. The highest BCUT2D eigenvalue weighted by Gasteiger charge is 2.06. The Balaban J connectivity index is 2.52. The van der Waals surface area contributed by atoms with E-state index in [9.17, 15) is 9.18 Å². The topological polar surface area (TPSA) is 50.4 Å². The van der Waals surface area contributed by atoms with Crippen LogP contribution in [0.5, 0.6) is 5.75 Å². The van der Waals surface area contributed by atoms with E-state index in [1.807, 2.05) is 6.92 Å². The summed E-state index contributed by atoms with van der Waals surface area (Å²) >= 11 is 0. The van der Waals surface area contributed by atoms with Crippen molar-refractivity contribution in [1.29, 1.82) is 0 Å². The molecule has 0 saturated carbocycles. The Kier molecular flexibility index (Phi) is 7.65. The summed E-state index contributed by atoms with van der Waals surface area (Å²) in [6.45, 7) is 6.27. The number of carbonyl (C=O) groups is 1. The molecule has 0 unspecified atom stereocenters. The van der Waals surface area contributed by atoms with Crippen LogP contribution in [-0.2, 0) is 11.3 Å². The number of rotatable bonds is 9. The highest BCUT2D eigenvalue weighted by atomic mass is 19.1. The molecule has 0 bridgehead atoms. The number of amides is 1. The molecule has 112 valence electrons. The van der Waals surface area contributed by atoms with E-state index in [0.717, 1.165) is 18.5 Å². The van der Waals surface area contributed by atoms with Crippen molar-refractivity contribution >= 4 is 5.91 Å². The second kappa shape index (κ2) is 9.31. The van der Waals surface area contributed by atoms with Crippen LogP contribution in [-0.4, -0.2) is 25.6 Å². The van der Waals surface area contributed by atoms with Crippen molar-refractivity contribution < 1.29 is 13.9 Å². The largest absolute Gasteiger partial charge is 0.493 e.